The average molecular weight is 289 g/mol. The lowest BCUT2D eigenvalue weighted by Gasteiger charge is -2.03. The van der Waals surface area contributed by atoms with E-state index in [4.69, 9.17) is 21.9 Å². The van der Waals surface area contributed by atoms with Gasteiger partial charge in [-0.15, -0.1) is 0 Å². The second-order valence-corrected chi connectivity index (χ2v) is 4.46. The summed E-state index contributed by atoms with van der Waals surface area (Å²) in [4.78, 5) is 11.1. The summed E-state index contributed by atoms with van der Waals surface area (Å²) >= 11 is 6.17. The maximum atomic E-state index is 11.1. The molecular formula is C13H9ClN4O2. The fourth-order valence-corrected chi connectivity index (χ4v) is 2.11. The number of halogens is 1. The molecule has 0 bridgehead atoms. The van der Waals surface area contributed by atoms with Gasteiger partial charge in [-0.3, -0.25) is 4.79 Å². The average Bonchev–Trinajstić information content (AvgIpc) is 2.82. The van der Waals surface area contributed by atoms with Crippen LogP contribution in [-0.4, -0.2) is 15.4 Å². The van der Waals surface area contributed by atoms with Crippen molar-refractivity contribution >= 4 is 17.5 Å². The lowest BCUT2D eigenvalue weighted by atomic mass is 10.0. The van der Waals surface area contributed by atoms with Crippen molar-refractivity contribution in [2.45, 2.75) is 0 Å². The monoisotopic (exact) mass is 288 g/mol. The number of nitrogens with two attached hydrogens (primary N) is 1. The Balaban J connectivity index is 2.23. The van der Waals surface area contributed by atoms with Crippen molar-refractivity contribution in [3.05, 3.63) is 51.8 Å². The van der Waals surface area contributed by atoms with E-state index in [1.165, 1.54) is 12.1 Å². The summed E-state index contributed by atoms with van der Waals surface area (Å²) in [5.74, 6) is 0.140. The van der Waals surface area contributed by atoms with Crippen LogP contribution in [0.1, 0.15) is 0 Å². The summed E-state index contributed by atoms with van der Waals surface area (Å²) in [7, 11) is 0. The highest BCUT2D eigenvalue weighted by atomic mass is 35.5. The topological polar surface area (TPSA) is 97.8 Å². The number of hydrogen-bond acceptors (Lipinski definition) is 5. The zero-order chi connectivity index (χ0) is 14.1. The van der Waals surface area contributed by atoms with Crippen LogP contribution in [0, 0.1) is 0 Å². The zero-order valence-electron chi connectivity index (χ0n) is 10.1. The third-order valence-corrected chi connectivity index (χ3v) is 3.11. The van der Waals surface area contributed by atoms with E-state index in [-0.39, 0.29) is 11.4 Å². The third-order valence-electron chi connectivity index (χ3n) is 2.78. The molecule has 0 fully saturated rings. The van der Waals surface area contributed by atoms with Crippen molar-refractivity contribution in [2.24, 2.45) is 0 Å². The van der Waals surface area contributed by atoms with Gasteiger partial charge in [-0.1, -0.05) is 35.0 Å². The molecule has 3 rings (SSSR count). The highest BCUT2D eigenvalue weighted by Crippen LogP contribution is 2.38. The molecular weight excluding hydrogens is 280 g/mol. The highest BCUT2D eigenvalue weighted by Gasteiger charge is 2.20. The minimum absolute atomic E-state index is 0.140. The van der Waals surface area contributed by atoms with E-state index in [0.29, 0.717) is 27.5 Å². The van der Waals surface area contributed by atoms with Gasteiger partial charge in [0.1, 0.15) is 11.4 Å². The summed E-state index contributed by atoms with van der Waals surface area (Å²) in [5, 5.41) is 10.7. The summed E-state index contributed by atoms with van der Waals surface area (Å²) < 4.78 is 5.03. The second-order valence-electron chi connectivity index (χ2n) is 4.06. The van der Waals surface area contributed by atoms with Gasteiger partial charge in [0, 0.05) is 16.7 Å². The fourth-order valence-electron chi connectivity index (χ4n) is 1.88. The standard InChI is InChI=1S/C13H9ClN4O2/c14-8-4-2-1-3-7(8)11-12(18-20-13(11)15)9-5-6-10(19)17-16-9/h1-6H,15H2,(H,17,19). The maximum Gasteiger partial charge on any atom is 0.264 e. The molecule has 20 heavy (non-hydrogen) atoms. The Bertz CT molecular complexity index is 805. The molecule has 3 aromatic rings. The van der Waals surface area contributed by atoms with Gasteiger partial charge in [0.25, 0.3) is 5.56 Å². The molecule has 0 aliphatic heterocycles. The van der Waals surface area contributed by atoms with Crippen LogP contribution in [0.4, 0.5) is 5.88 Å². The molecule has 0 saturated heterocycles. The Morgan fingerprint density at radius 1 is 1.20 bits per heavy atom. The Morgan fingerprint density at radius 3 is 2.70 bits per heavy atom. The van der Waals surface area contributed by atoms with Crippen LogP contribution in [0.25, 0.3) is 22.5 Å². The van der Waals surface area contributed by atoms with Gasteiger partial charge < -0.3 is 10.3 Å². The minimum Gasteiger partial charge on any atom is -0.367 e. The first-order valence-corrected chi connectivity index (χ1v) is 6.11. The molecule has 0 radical (unpaired) electrons. The Labute approximate surface area is 118 Å². The molecule has 1 aromatic carbocycles. The Hall–Kier alpha value is -2.60. The SMILES string of the molecule is Nc1onc(-c2ccc(=O)[nH]n2)c1-c1ccccc1Cl. The van der Waals surface area contributed by atoms with E-state index >= 15 is 0 Å². The Kier molecular flexibility index (Phi) is 3.00. The molecule has 3 N–H and O–H groups in total. The van der Waals surface area contributed by atoms with Crippen molar-refractivity contribution in [3.8, 4) is 22.5 Å². The van der Waals surface area contributed by atoms with Gasteiger partial charge in [-0.25, -0.2) is 5.10 Å². The number of hydrogen-bond donors (Lipinski definition) is 2. The molecule has 0 unspecified atom stereocenters. The van der Waals surface area contributed by atoms with E-state index in [0.717, 1.165) is 0 Å². The summed E-state index contributed by atoms with van der Waals surface area (Å²) in [6, 6.07) is 10.1. The van der Waals surface area contributed by atoms with E-state index < -0.39 is 0 Å². The van der Waals surface area contributed by atoms with Gasteiger partial charge in [-0.2, -0.15) is 5.10 Å². The van der Waals surface area contributed by atoms with Gasteiger partial charge in [0.15, 0.2) is 0 Å². The number of aromatic nitrogens is 3. The third kappa shape index (κ3) is 2.06. The summed E-state index contributed by atoms with van der Waals surface area (Å²) in [5.41, 5.74) is 7.63. The number of nitrogens with zero attached hydrogens (tertiary/aromatic N) is 2. The largest absolute Gasteiger partial charge is 0.367 e. The number of benzene rings is 1. The van der Waals surface area contributed by atoms with Crippen LogP contribution in [0.15, 0.2) is 45.7 Å². The zero-order valence-corrected chi connectivity index (χ0v) is 10.9. The van der Waals surface area contributed by atoms with Gasteiger partial charge in [0.2, 0.25) is 5.88 Å². The maximum absolute atomic E-state index is 11.1. The van der Waals surface area contributed by atoms with Crippen molar-refractivity contribution in [3.63, 3.8) is 0 Å². The van der Waals surface area contributed by atoms with Crippen molar-refractivity contribution in [1.29, 1.82) is 0 Å². The number of nitrogen functional groups attached to an aromatic ring is 1. The lowest BCUT2D eigenvalue weighted by Crippen LogP contribution is -2.05. The quantitative estimate of drug-likeness (QED) is 0.754. The van der Waals surface area contributed by atoms with Crippen molar-refractivity contribution in [1.82, 2.24) is 15.4 Å². The van der Waals surface area contributed by atoms with E-state index in [2.05, 4.69) is 15.4 Å². The van der Waals surface area contributed by atoms with E-state index in [9.17, 15) is 4.79 Å². The van der Waals surface area contributed by atoms with Gasteiger partial charge in [-0.05, 0) is 12.1 Å². The Morgan fingerprint density at radius 2 is 2.00 bits per heavy atom. The molecule has 2 aromatic heterocycles. The van der Waals surface area contributed by atoms with Crippen LogP contribution < -0.4 is 11.3 Å². The number of nitrogens with one attached hydrogen (secondary N) is 1. The summed E-state index contributed by atoms with van der Waals surface area (Å²) in [6.45, 7) is 0. The normalized spacial score (nSPS) is 10.7. The van der Waals surface area contributed by atoms with Gasteiger partial charge >= 0.3 is 0 Å². The van der Waals surface area contributed by atoms with Crippen LogP contribution in [0.2, 0.25) is 5.02 Å². The first-order chi connectivity index (χ1) is 9.66. The smallest absolute Gasteiger partial charge is 0.264 e. The van der Waals surface area contributed by atoms with Crippen LogP contribution in [0.3, 0.4) is 0 Å². The molecule has 0 aliphatic carbocycles. The lowest BCUT2D eigenvalue weighted by molar-refractivity contribution is 0.439. The number of aromatic amines is 1. The van der Waals surface area contributed by atoms with E-state index in [1.807, 2.05) is 12.1 Å². The first-order valence-electron chi connectivity index (χ1n) is 5.73. The molecule has 0 aliphatic rings. The van der Waals surface area contributed by atoms with Gasteiger partial charge in [0.05, 0.1) is 5.56 Å². The molecule has 0 atom stereocenters. The van der Waals surface area contributed by atoms with E-state index in [1.54, 1.807) is 12.1 Å². The van der Waals surface area contributed by atoms with Crippen LogP contribution in [-0.2, 0) is 0 Å². The number of anilines is 1. The predicted molar refractivity (Wildman–Crippen MR) is 75.2 cm³/mol. The molecule has 7 heteroatoms. The second kappa shape index (κ2) is 4.82. The van der Waals surface area contributed by atoms with Crippen molar-refractivity contribution < 1.29 is 4.52 Å². The first kappa shape index (κ1) is 12.4. The van der Waals surface area contributed by atoms with Crippen LogP contribution in [0.5, 0.6) is 0 Å². The molecule has 0 saturated carbocycles. The highest BCUT2D eigenvalue weighted by molar-refractivity contribution is 6.33. The minimum atomic E-state index is -0.301. The van der Waals surface area contributed by atoms with Crippen LogP contribution >= 0.6 is 11.6 Å². The number of H-pyrrole nitrogens is 1. The molecule has 0 amide bonds. The molecule has 100 valence electrons. The number of rotatable bonds is 2. The predicted octanol–water partition coefficient (Wildman–Crippen LogP) is 2.33. The molecule has 6 nitrogen and oxygen atoms in total. The fraction of sp³-hybridized carbons (Fsp3) is 0. The van der Waals surface area contributed by atoms with Crippen molar-refractivity contribution in [2.75, 3.05) is 5.73 Å². The summed E-state index contributed by atoms with van der Waals surface area (Å²) in [6.07, 6.45) is 0. The molecule has 0 spiro atoms. The molecule has 2 heterocycles.